The maximum absolute atomic E-state index is 14.6. The molecule has 2 aliphatic heterocycles. The molecule has 20 heteroatoms. The Labute approximate surface area is 438 Å². The second-order valence-electron chi connectivity index (χ2n) is 18.5. The Kier molecular flexibility index (Phi) is 19.1. The molecule has 14 nitrogen and oxygen atoms in total. The second kappa shape index (κ2) is 25.2. The molecule has 0 radical (unpaired) electrons. The molecule has 0 aliphatic carbocycles. The van der Waals surface area contributed by atoms with Gasteiger partial charge in [0.05, 0.1) is 82.2 Å². The summed E-state index contributed by atoms with van der Waals surface area (Å²) in [7, 11) is 3.85. The van der Waals surface area contributed by atoms with Crippen LogP contribution in [0.25, 0.3) is 0 Å². The van der Waals surface area contributed by atoms with Crippen LogP contribution in [0.3, 0.4) is 0 Å². The number of anilines is 2. The van der Waals surface area contributed by atoms with E-state index in [2.05, 4.69) is 21.9 Å². The fourth-order valence-electron chi connectivity index (χ4n) is 9.53. The number of rotatable bonds is 21. The lowest BCUT2D eigenvalue weighted by Crippen LogP contribution is -2.51. The number of hydrogen-bond acceptors (Lipinski definition) is 10. The van der Waals surface area contributed by atoms with E-state index in [1.807, 2.05) is 14.1 Å². The molecule has 0 bridgehead atoms. The molecule has 4 amide bonds. The third-order valence-electron chi connectivity index (χ3n) is 13.3. The molecular weight excluding hydrogens is 995 g/mol. The van der Waals surface area contributed by atoms with Crippen molar-refractivity contribution in [3.8, 4) is 12.1 Å². The number of halogens is 6. The molecule has 2 unspecified atom stereocenters. The molecule has 0 fully saturated rings. The Morgan fingerprint density at radius 1 is 0.566 bits per heavy atom. The number of hydrogen-bond donors (Lipinski definition) is 0. The van der Waals surface area contributed by atoms with E-state index in [9.17, 15) is 56.0 Å². The van der Waals surface area contributed by atoms with Gasteiger partial charge < -0.3 is 29.1 Å². The van der Waals surface area contributed by atoms with Gasteiger partial charge in [0, 0.05) is 24.5 Å². The summed E-state index contributed by atoms with van der Waals surface area (Å²) >= 11 is 0. The van der Waals surface area contributed by atoms with Gasteiger partial charge in [0.1, 0.15) is 0 Å². The molecule has 4 aromatic rings. The van der Waals surface area contributed by atoms with Crippen molar-refractivity contribution in [1.82, 2.24) is 19.6 Å². The third kappa shape index (κ3) is 13.4. The van der Waals surface area contributed by atoms with Gasteiger partial charge in [-0.2, -0.15) is 36.9 Å². The van der Waals surface area contributed by atoms with Crippen LogP contribution in [0.1, 0.15) is 98.8 Å². The van der Waals surface area contributed by atoms with Crippen molar-refractivity contribution >= 4 is 35.4 Å². The van der Waals surface area contributed by atoms with Crippen LogP contribution in [0, 0.1) is 22.7 Å². The number of carbonyl (C=O) groups is 4. The minimum absolute atomic E-state index is 0.000321. The molecule has 2 heterocycles. The number of unbranched alkanes of at least 4 members (excludes halogenated alkanes) is 1. The van der Waals surface area contributed by atoms with Gasteiger partial charge in [0.2, 0.25) is 0 Å². The topological polar surface area (TPSA) is 154 Å². The first-order valence-corrected chi connectivity index (χ1v) is 24.8. The zero-order valence-corrected chi connectivity index (χ0v) is 43.2. The van der Waals surface area contributed by atoms with Gasteiger partial charge in [-0.3, -0.25) is 9.80 Å². The van der Waals surface area contributed by atoms with Gasteiger partial charge in [-0.05, 0) is 165 Å². The van der Waals surface area contributed by atoms with Crippen molar-refractivity contribution in [1.29, 1.82) is 10.5 Å². The number of esters is 2. The average molecular weight is 1060 g/mol. The van der Waals surface area contributed by atoms with E-state index in [1.54, 1.807) is 62.4 Å². The van der Waals surface area contributed by atoms with Gasteiger partial charge >= 0.3 is 36.4 Å². The summed E-state index contributed by atoms with van der Waals surface area (Å²) in [4.78, 5) is 66.0. The number of carbonyl (C=O) groups excluding carboxylic acids is 4. The minimum Gasteiger partial charge on any atom is -0.463 e. The fraction of sp³-hybridized carbons (Fsp3) is 0.393. The van der Waals surface area contributed by atoms with Crippen LogP contribution in [0.5, 0.6) is 0 Å². The first kappa shape index (κ1) is 57.6. The van der Waals surface area contributed by atoms with Gasteiger partial charge in [-0.15, -0.1) is 0 Å². The van der Waals surface area contributed by atoms with E-state index >= 15 is 0 Å². The normalized spacial score (nSPS) is 16.4. The summed E-state index contributed by atoms with van der Waals surface area (Å²) in [5.41, 5.74) is -0.00976. The van der Waals surface area contributed by atoms with E-state index in [4.69, 9.17) is 9.47 Å². The standard InChI is InChI=1S/C56H60F6N8O6/c1-7-75-51(71)47-37(3)69(45-17-11-15-43(33-45)55(57,58)59)53(73)67(49(47)41-23-19-39(35-63)20-24-41)31-13-29-65(5)27-9-10-28-66(6)30-14-32-68-50(42-25-21-40(36-64)22-26-42)48(52(72)76-8-2)38(4)70(54(68)74)46-18-12-16-44(34-46)56(60,61)62/h11-12,15-26,33-34,49-50H,7-10,13-14,27-32H2,1-6H3. The quantitative estimate of drug-likeness (QED) is 0.0447. The van der Waals surface area contributed by atoms with Crippen LogP contribution in [-0.2, 0) is 31.4 Å². The number of nitrogens with zero attached hydrogens (tertiary/aromatic N) is 8. The zero-order valence-electron chi connectivity index (χ0n) is 43.2. The number of urea groups is 2. The molecule has 6 rings (SSSR count). The number of nitriles is 2. The molecule has 76 heavy (non-hydrogen) atoms. The van der Waals surface area contributed by atoms with E-state index < -0.39 is 59.6 Å². The van der Waals surface area contributed by atoms with Gasteiger partial charge in [0.25, 0.3) is 0 Å². The van der Waals surface area contributed by atoms with Crippen molar-refractivity contribution < 1.29 is 55.0 Å². The molecule has 0 N–H and O–H groups in total. The number of alkyl halides is 6. The summed E-state index contributed by atoms with van der Waals surface area (Å²) in [6.07, 6.45) is -7.04. The Morgan fingerprint density at radius 2 is 0.908 bits per heavy atom. The SMILES string of the molecule is CCOC(=O)C1=C(C)N(c2cccc(C(F)(F)F)c2)C(=O)N(CCCN(C)CCCCN(C)CCCN2C(=O)N(c3cccc(C(F)(F)F)c3)C(C)=C(C(=O)OCC)C2c2ccc(C#N)cc2)C1c1ccc(C#N)cc1. The predicted molar refractivity (Wildman–Crippen MR) is 272 cm³/mol. The first-order valence-electron chi connectivity index (χ1n) is 24.8. The van der Waals surface area contributed by atoms with Crippen LogP contribution in [-0.4, -0.2) is 110 Å². The lowest BCUT2D eigenvalue weighted by Gasteiger charge is -2.43. The molecule has 0 aromatic heterocycles. The molecule has 402 valence electrons. The van der Waals surface area contributed by atoms with E-state index in [0.717, 1.165) is 46.9 Å². The van der Waals surface area contributed by atoms with Crippen LogP contribution < -0.4 is 9.80 Å². The van der Waals surface area contributed by atoms with E-state index in [1.165, 1.54) is 47.9 Å². The van der Waals surface area contributed by atoms with E-state index in [-0.39, 0.29) is 60.2 Å². The molecule has 2 aliphatic rings. The highest BCUT2D eigenvalue weighted by atomic mass is 19.4. The average Bonchev–Trinajstić information content (AvgIpc) is 3.43. The molecule has 2 atom stereocenters. The van der Waals surface area contributed by atoms with E-state index in [0.29, 0.717) is 61.3 Å². The van der Waals surface area contributed by atoms with Gasteiger partial charge in [-0.1, -0.05) is 36.4 Å². The maximum Gasteiger partial charge on any atom is 0.416 e. The number of amides is 4. The number of allylic oxidation sites excluding steroid dienone is 2. The summed E-state index contributed by atoms with van der Waals surface area (Å²) in [5.74, 6) is -1.48. The van der Waals surface area contributed by atoms with Crippen molar-refractivity contribution in [2.24, 2.45) is 0 Å². The van der Waals surface area contributed by atoms with Gasteiger partial charge in [0.15, 0.2) is 0 Å². The second-order valence-corrected chi connectivity index (χ2v) is 18.5. The lowest BCUT2D eigenvalue weighted by molar-refractivity contribution is -0.140. The largest absolute Gasteiger partial charge is 0.463 e. The molecule has 0 spiro atoms. The van der Waals surface area contributed by atoms with Crippen molar-refractivity contribution in [2.45, 2.75) is 77.8 Å². The van der Waals surface area contributed by atoms with Gasteiger partial charge in [-0.25, -0.2) is 19.2 Å². The highest BCUT2D eigenvalue weighted by Crippen LogP contribution is 2.43. The number of benzene rings is 4. The zero-order chi connectivity index (χ0) is 55.5. The Hall–Kier alpha value is -7.68. The summed E-state index contributed by atoms with van der Waals surface area (Å²) in [6.45, 7) is 8.76. The van der Waals surface area contributed by atoms with Crippen LogP contribution in [0.15, 0.2) is 120 Å². The highest BCUT2D eigenvalue weighted by Gasteiger charge is 2.45. The molecular formula is C56H60F6N8O6. The summed E-state index contributed by atoms with van der Waals surface area (Å²) in [6, 6.07) is 22.3. The smallest absolute Gasteiger partial charge is 0.416 e. The van der Waals surface area contributed by atoms with Crippen LogP contribution in [0.4, 0.5) is 47.3 Å². The van der Waals surface area contributed by atoms with Crippen molar-refractivity contribution in [3.63, 3.8) is 0 Å². The maximum atomic E-state index is 14.6. The van der Waals surface area contributed by atoms with Crippen molar-refractivity contribution in [2.75, 3.05) is 76.4 Å². The minimum atomic E-state index is -4.70. The summed E-state index contributed by atoms with van der Waals surface area (Å²) in [5, 5.41) is 19.0. The molecule has 4 aromatic carbocycles. The Morgan fingerprint density at radius 3 is 1.22 bits per heavy atom. The lowest BCUT2D eigenvalue weighted by atomic mass is 9.92. The van der Waals surface area contributed by atoms with Crippen LogP contribution >= 0.6 is 0 Å². The predicted octanol–water partition coefficient (Wildman–Crippen LogP) is 11.2. The monoisotopic (exact) mass is 1050 g/mol. The number of ether oxygens (including phenoxy) is 2. The Balaban J connectivity index is 1.12. The van der Waals surface area contributed by atoms with Crippen LogP contribution in [0.2, 0.25) is 0 Å². The van der Waals surface area contributed by atoms with Crippen molar-refractivity contribution in [3.05, 3.63) is 153 Å². The fourth-order valence-corrected chi connectivity index (χ4v) is 9.53. The summed E-state index contributed by atoms with van der Waals surface area (Å²) < 4.78 is 94.4. The highest BCUT2D eigenvalue weighted by molar-refractivity contribution is 6.04. The first-order chi connectivity index (χ1) is 36.1. The molecule has 0 saturated carbocycles. The third-order valence-corrected chi connectivity index (χ3v) is 13.3. The molecule has 0 saturated heterocycles. The Bertz CT molecular complexity index is 2700.